The van der Waals surface area contributed by atoms with E-state index in [-0.39, 0.29) is 28.6 Å². The van der Waals surface area contributed by atoms with E-state index >= 15 is 0 Å². The molecule has 0 N–H and O–H groups in total. The van der Waals surface area contributed by atoms with Crippen LogP contribution in [0.1, 0.15) is 56.7 Å². The lowest BCUT2D eigenvalue weighted by Gasteiger charge is -2.20. The molecule has 0 saturated carbocycles. The molecule has 2 rings (SSSR count). The molecule has 0 fully saturated rings. The number of nitrogens with zero attached hydrogens (tertiary/aromatic N) is 2. The van der Waals surface area contributed by atoms with Gasteiger partial charge in [-0.15, -0.1) is 0 Å². The minimum Gasteiger partial charge on any atom is -0.479 e. The predicted molar refractivity (Wildman–Crippen MR) is 102 cm³/mol. The quantitative estimate of drug-likeness (QED) is 0.361. The number of benzene rings is 1. The zero-order valence-electron chi connectivity index (χ0n) is 16.9. The van der Waals surface area contributed by atoms with Gasteiger partial charge in [0.2, 0.25) is 0 Å². The average Bonchev–Trinajstić information content (AvgIpc) is 2.66. The summed E-state index contributed by atoms with van der Waals surface area (Å²) < 4.78 is 83.1. The molecule has 164 valence electrons. The SMILES string of the molecule is CCC(C)c1ccc(C(F)(F)F)cc1N=C(C)c1ccncc1OC(C)C(F)(F)F. The van der Waals surface area contributed by atoms with E-state index in [2.05, 4.69) is 9.98 Å². The first-order valence-corrected chi connectivity index (χ1v) is 9.28. The molecule has 0 bridgehead atoms. The van der Waals surface area contributed by atoms with Gasteiger partial charge >= 0.3 is 12.4 Å². The number of hydrogen-bond donors (Lipinski definition) is 0. The van der Waals surface area contributed by atoms with Crippen LogP contribution in [0.4, 0.5) is 32.0 Å². The zero-order chi connectivity index (χ0) is 22.7. The number of aliphatic imine (C=N–C) groups is 1. The van der Waals surface area contributed by atoms with Crippen molar-refractivity contribution in [3.8, 4) is 5.75 Å². The van der Waals surface area contributed by atoms with Gasteiger partial charge in [0.25, 0.3) is 0 Å². The molecule has 1 aromatic carbocycles. The van der Waals surface area contributed by atoms with Crippen molar-refractivity contribution in [2.45, 2.75) is 58.5 Å². The fourth-order valence-corrected chi connectivity index (χ4v) is 2.72. The Balaban J connectivity index is 2.54. The lowest BCUT2D eigenvalue weighted by atomic mass is 9.95. The maximum atomic E-state index is 13.2. The first kappa shape index (κ1) is 23.7. The lowest BCUT2D eigenvalue weighted by molar-refractivity contribution is -0.189. The third-order valence-electron chi connectivity index (χ3n) is 4.73. The molecule has 0 radical (unpaired) electrons. The van der Waals surface area contributed by atoms with E-state index in [4.69, 9.17) is 4.74 Å². The number of ether oxygens (including phenoxy) is 1. The van der Waals surface area contributed by atoms with E-state index in [1.807, 2.05) is 13.8 Å². The Kier molecular flexibility index (Phi) is 7.15. The Morgan fingerprint density at radius 3 is 2.33 bits per heavy atom. The summed E-state index contributed by atoms with van der Waals surface area (Å²) in [6.45, 7) is 6.12. The Morgan fingerprint density at radius 2 is 1.77 bits per heavy atom. The molecule has 1 heterocycles. The minimum atomic E-state index is -4.58. The summed E-state index contributed by atoms with van der Waals surface area (Å²) in [5.41, 5.74) is 0.311. The second-order valence-corrected chi connectivity index (χ2v) is 6.95. The number of halogens is 6. The van der Waals surface area contributed by atoms with Crippen molar-refractivity contribution >= 4 is 11.4 Å². The highest BCUT2D eigenvalue weighted by Crippen LogP contribution is 2.37. The number of pyridine rings is 1. The summed E-state index contributed by atoms with van der Waals surface area (Å²) in [5.74, 6) is -0.210. The summed E-state index contributed by atoms with van der Waals surface area (Å²) >= 11 is 0. The Morgan fingerprint density at radius 1 is 1.10 bits per heavy atom. The number of rotatable bonds is 6. The third kappa shape index (κ3) is 5.73. The Labute approximate surface area is 170 Å². The standard InChI is InChI=1S/C21H22F6N2O/c1-5-12(2)16-7-6-15(21(25,26)27)10-18(16)29-13(3)17-8-9-28-11-19(17)30-14(4)20(22,23)24/h6-12,14H,5H2,1-4H3. The van der Waals surface area contributed by atoms with E-state index < -0.39 is 24.0 Å². The average molecular weight is 432 g/mol. The Hall–Kier alpha value is -2.58. The normalized spacial score (nSPS) is 15.1. The molecule has 0 saturated heterocycles. The van der Waals surface area contributed by atoms with Gasteiger partial charge < -0.3 is 4.74 Å². The minimum absolute atomic E-state index is 0.0581. The molecule has 2 unspecified atom stereocenters. The lowest BCUT2D eigenvalue weighted by Crippen LogP contribution is -2.31. The van der Waals surface area contributed by atoms with Crippen molar-refractivity contribution in [2.24, 2.45) is 4.99 Å². The van der Waals surface area contributed by atoms with Crippen LogP contribution < -0.4 is 4.74 Å². The van der Waals surface area contributed by atoms with Crippen molar-refractivity contribution in [3.05, 3.63) is 53.3 Å². The molecule has 2 atom stereocenters. The van der Waals surface area contributed by atoms with E-state index in [9.17, 15) is 26.3 Å². The van der Waals surface area contributed by atoms with Crippen LogP contribution in [-0.2, 0) is 6.18 Å². The van der Waals surface area contributed by atoms with Crippen LogP contribution in [0.25, 0.3) is 0 Å². The van der Waals surface area contributed by atoms with Crippen LogP contribution in [-0.4, -0.2) is 23.0 Å². The number of aromatic nitrogens is 1. The molecule has 0 amide bonds. The monoisotopic (exact) mass is 432 g/mol. The molecule has 2 aromatic rings. The Bertz CT molecular complexity index is 905. The van der Waals surface area contributed by atoms with Gasteiger partial charge in [-0.05, 0) is 49.9 Å². The smallest absolute Gasteiger partial charge is 0.425 e. The third-order valence-corrected chi connectivity index (χ3v) is 4.73. The first-order chi connectivity index (χ1) is 13.8. The molecule has 9 heteroatoms. The van der Waals surface area contributed by atoms with Gasteiger partial charge in [0.1, 0.15) is 5.75 Å². The number of hydrogen-bond acceptors (Lipinski definition) is 3. The van der Waals surface area contributed by atoms with Crippen molar-refractivity contribution < 1.29 is 31.1 Å². The summed E-state index contributed by atoms with van der Waals surface area (Å²) in [6, 6.07) is 4.75. The molecule has 0 aliphatic rings. The molecule has 0 spiro atoms. The van der Waals surface area contributed by atoms with Crippen molar-refractivity contribution in [1.82, 2.24) is 4.98 Å². The van der Waals surface area contributed by atoms with Crippen LogP contribution in [0.2, 0.25) is 0 Å². The van der Waals surface area contributed by atoms with Gasteiger partial charge in [-0.2, -0.15) is 26.3 Å². The van der Waals surface area contributed by atoms with Crippen LogP contribution in [0.3, 0.4) is 0 Å². The maximum Gasteiger partial charge on any atom is 0.425 e. The molecular formula is C21H22F6N2O. The molecule has 30 heavy (non-hydrogen) atoms. The van der Waals surface area contributed by atoms with Crippen molar-refractivity contribution in [1.29, 1.82) is 0 Å². The predicted octanol–water partition coefficient (Wildman–Crippen LogP) is 7.08. The highest BCUT2D eigenvalue weighted by atomic mass is 19.4. The fourth-order valence-electron chi connectivity index (χ4n) is 2.72. The highest BCUT2D eigenvalue weighted by Gasteiger charge is 2.38. The highest BCUT2D eigenvalue weighted by molar-refractivity contribution is 6.02. The largest absolute Gasteiger partial charge is 0.479 e. The molecule has 0 aliphatic heterocycles. The van der Waals surface area contributed by atoms with E-state index in [0.717, 1.165) is 25.3 Å². The van der Waals surface area contributed by atoms with E-state index in [1.165, 1.54) is 25.3 Å². The molecular weight excluding hydrogens is 410 g/mol. The summed E-state index contributed by atoms with van der Waals surface area (Å²) in [5, 5.41) is 0. The van der Waals surface area contributed by atoms with Crippen molar-refractivity contribution in [3.63, 3.8) is 0 Å². The summed E-state index contributed by atoms with van der Waals surface area (Å²) in [4.78, 5) is 8.11. The van der Waals surface area contributed by atoms with Gasteiger partial charge in [-0.25, -0.2) is 0 Å². The second kappa shape index (κ2) is 9.06. The van der Waals surface area contributed by atoms with Gasteiger partial charge in [-0.3, -0.25) is 9.98 Å². The summed E-state index contributed by atoms with van der Waals surface area (Å²) in [6.07, 6.45) is -8.06. The summed E-state index contributed by atoms with van der Waals surface area (Å²) in [7, 11) is 0. The van der Waals surface area contributed by atoms with Crippen LogP contribution >= 0.6 is 0 Å². The number of alkyl halides is 6. The van der Waals surface area contributed by atoms with Crippen molar-refractivity contribution in [2.75, 3.05) is 0 Å². The topological polar surface area (TPSA) is 34.5 Å². The van der Waals surface area contributed by atoms with Gasteiger partial charge in [-0.1, -0.05) is 19.9 Å². The first-order valence-electron chi connectivity index (χ1n) is 9.28. The van der Waals surface area contributed by atoms with E-state index in [1.54, 1.807) is 0 Å². The molecule has 0 aliphatic carbocycles. The van der Waals surface area contributed by atoms with Gasteiger partial charge in [0.15, 0.2) is 6.10 Å². The van der Waals surface area contributed by atoms with Crippen LogP contribution in [0.15, 0.2) is 41.7 Å². The second-order valence-electron chi connectivity index (χ2n) is 6.95. The van der Waals surface area contributed by atoms with Gasteiger partial charge in [0.05, 0.1) is 17.4 Å². The molecule has 1 aromatic heterocycles. The maximum absolute atomic E-state index is 13.2. The van der Waals surface area contributed by atoms with Crippen LogP contribution in [0.5, 0.6) is 5.75 Å². The fraction of sp³-hybridized carbons (Fsp3) is 0.429. The zero-order valence-corrected chi connectivity index (χ0v) is 16.9. The van der Waals surface area contributed by atoms with Crippen LogP contribution in [0, 0.1) is 0 Å². The van der Waals surface area contributed by atoms with Gasteiger partial charge in [0, 0.05) is 17.5 Å². The molecule has 3 nitrogen and oxygen atoms in total. The van der Waals surface area contributed by atoms with E-state index in [0.29, 0.717) is 12.0 Å².